The molecule has 2 aromatic rings. The zero-order valence-electron chi connectivity index (χ0n) is 11.5. The van der Waals surface area contributed by atoms with Crippen LogP contribution >= 0.6 is 0 Å². The van der Waals surface area contributed by atoms with Crippen molar-refractivity contribution >= 4 is 22.5 Å². The second-order valence-electron chi connectivity index (χ2n) is 5.17. The summed E-state index contributed by atoms with van der Waals surface area (Å²) in [7, 11) is 2.10. The minimum absolute atomic E-state index is 0.158. The number of carbonyl (C=O) groups is 1. The predicted molar refractivity (Wildman–Crippen MR) is 79.9 cm³/mol. The van der Waals surface area contributed by atoms with E-state index in [0.29, 0.717) is 5.56 Å². The van der Waals surface area contributed by atoms with E-state index in [9.17, 15) is 4.79 Å². The smallest absolute Gasteiger partial charge is 0.273 e. The summed E-state index contributed by atoms with van der Waals surface area (Å²) in [4.78, 5) is 17.5. The molecule has 0 aliphatic carbocycles. The number of aromatic nitrogens is 1. The van der Waals surface area contributed by atoms with Crippen LogP contribution in [-0.2, 0) is 0 Å². The van der Waals surface area contributed by atoms with Crippen molar-refractivity contribution in [2.24, 2.45) is 5.10 Å². The van der Waals surface area contributed by atoms with Crippen LogP contribution in [0.4, 0.5) is 0 Å². The van der Waals surface area contributed by atoms with E-state index >= 15 is 0 Å². The number of nitrogens with zero attached hydrogens (tertiary/aromatic N) is 2. The maximum atomic E-state index is 12.2. The van der Waals surface area contributed by atoms with Gasteiger partial charge in [-0.25, -0.2) is 5.43 Å². The van der Waals surface area contributed by atoms with Crippen molar-refractivity contribution in [1.82, 2.24) is 15.3 Å². The molecule has 20 heavy (non-hydrogen) atoms. The highest BCUT2D eigenvalue weighted by Crippen LogP contribution is 2.17. The fourth-order valence-corrected chi connectivity index (χ4v) is 2.44. The average Bonchev–Trinajstić information content (AvgIpc) is 2.90. The van der Waals surface area contributed by atoms with Gasteiger partial charge in [-0.2, -0.15) is 5.10 Å². The Balaban J connectivity index is 1.72. The molecule has 1 saturated heterocycles. The highest BCUT2D eigenvalue weighted by Gasteiger charge is 2.13. The summed E-state index contributed by atoms with van der Waals surface area (Å²) in [5.74, 6) is -0.158. The lowest BCUT2D eigenvalue weighted by Crippen LogP contribution is -2.31. The van der Waals surface area contributed by atoms with Gasteiger partial charge < -0.3 is 9.88 Å². The van der Waals surface area contributed by atoms with Gasteiger partial charge in [0.1, 0.15) is 0 Å². The summed E-state index contributed by atoms with van der Waals surface area (Å²) < 4.78 is 0. The number of hydrogen-bond donors (Lipinski definition) is 2. The number of nitrogens with one attached hydrogen (secondary N) is 2. The summed E-state index contributed by atoms with van der Waals surface area (Å²) in [5, 5.41) is 5.18. The Bertz CT molecular complexity index is 649. The fraction of sp³-hybridized carbons (Fsp3) is 0.333. The third kappa shape index (κ3) is 2.58. The molecule has 1 aromatic heterocycles. The van der Waals surface area contributed by atoms with Gasteiger partial charge >= 0.3 is 0 Å². The predicted octanol–water partition coefficient (Wildman–Crippen LogP) is 1.98. The third-order valence-electron chi connectivity index (χ3n) is 3.71. The molecule has 0 radical (unpaired) electrons. The lowest BCUT2D eigenvalue weighted by atomic mass is 10.1. The van der Waals surface area contributed by atoms with Crippen LogP contribution in [0.5, 0.6) is 0 Å². The normalized spacial score (nSPS) is 16.4. The van der Waals surface area contributed by atoms with Crippen LogP contribution < -0.4 is 5.43 Å². The lowest BCUT2D eigenvalue weighted by Gasteiger charge is -2.22. The second-order valence-corrected chi connectivity index (χ2v) is 5.17. The molecule has 3 rings (SSSR count). The third-order valence-corrected chi connectivity index (χ3v) is 3.71. The number of likely N-dealkylation sites (tertiary alicyclic amines) is 1. The molecule has 0 bridgehead atoms. The maximum absolute atomic E-state index is 12.2. The van der Waals surface area contributed by atoms with Crippen LogP contribution in [0.25, 0.3) is 10.9 Å². The number of rotatable bonds is 2. The van der Waals surface area contributed by atoms with Crippen molar-refractivity contribution < 1.29 is 4.79 Å². The van der Waals surface area contributed by atoms with Gasteiger partial charge in [-0.3, -0.25) is 4.79 Å². The first-order valence-corrected chi connectivity index (χ1v) is 6.84. The highest BCUT2D eigenvalue weighted by atomic mass is 16.2. The molecule has 0 saturated carbocycles. The Morgan fingerprint density at radius 2 is 2.05 bits per heavy atom. The van der Waals surface area contributed by atoms with Crippen LogP contribution in [-0.4, -0.2) is 41.6 Å². The van der Waals surface area contributed by atoms with Gasteiger partial charge in [0.25, 0.3) is 5.91 Å². The minimum atomic E-state index is -0.158. The Morgan fingerprint density at radius 1 is 1.30 bits per heavy atom. The molecule has 0 unspecified atom stereocenters. The standard InChI is InChI=1S/C15H18N4O/c1-19-8-6-11(7-9-19)17-18-15(20)13-10-16-14-5-3-2-4-12(13)14/h2-5,10,16H,6-9H2,1H3,(H,18,20). The van der Waals surface area contributed by atoms with E-state index in [1.807, 2.05) is 24.3 Å². The molecule has 1 fully saturated rings. The molecular formula is C15H18N4O. The van der Waals surface area contributed by atoms with Crippen LogP contribution in [0, 0.1) is 0 Å². The van der Waals surface area contributed by atoms with Crippen molar-refractivity contribution in [3.8, 4) is 0 Å². The largest absolute Gasteiger partial charge is 0.360 e. The summed E-state index contributed by atoms with van der Waals surface area (Å²) >= 11 is 0. The Morgan fingerprint density at radius 3 is 2.85 bits per heavy atom. The first kappa shape index (κ1) is 12.9. The van der Waals surface area contributed by atoms with E-state index < -0.39 is 0 Å². The Hall–Kier alpha value is -2.14. The van der Waals surface area contributed by atoms with Gasteiger partial charge in [-0.15, -0.1) is 0 Å². The number of aromatic amines is 1. The van der Waals surface area contributed by atoms with Crippen molar-refractivity contribution in [2.75, 3.05) is 20.1 Å². The Labute approximate surface area is 117 Å². The molecule has 2 N–H and O–H groups in total. The van der Waals surface area contributed by atoms with Gasteiger partial charge in [0.05, 0.1) is 5.56 Å². The fourth-order valence-electron chi connectivity index (χ4n) is 2.44. The van der Waals surface area contributed by atoms with Crippen LogP contribution in [0.1, 0.15) is 23.2 Å². The molecule has 5 nitrogen and oxygen atoms in total. The molecule has 1 aromatic carbocycles. The molecule has 5 heteroatoms. The summed E-state index contributed by atoms with van der Waals surface area (Å²) in [6.45, 7) is 2.00. The number of piperidine rings is 1. The van der Waals surface area contributed by atoms with E-state index in [1.54, 1.807) is 6.20 Å². The first-order chi connectivity index (χ1) is 9.74. The van der Waals surface area contributed by atoms with E-state index in [1.165, 1.54) is 0 Å². The molecule has 1 amide bonds. The monoisotopic (exact) mass is 270 g/mol. The summed E-state index contributed by atoms with van der Waals surface area (Å²) in [5.41, 5.74) is 5.34. The van der Waals surface area contributed by atoms with Gasteiger partial charge in [0.2, 0.25) is 0 Å². The van der Waals surface area contributed by atoms with E-state index in [-0.39, 0.29) is 5.91 Å². The van der Waals surface area contributed by atoms with Crippen molar-refractivity contribution in [3.05, 3.63) is 36.0 Å². The van der Waals surface area contributed by atoms with Crippen LogP contribution in [0.15, 0.2) is 35.6 Å². The van der Waals surface area contributed by atoms with Gasteiger partial charge in [0.15, 0.2) is 0 Å². The Kier molecular flexibility index (Phi) is 3.52. The number of hydrogen-bond acceptors (Lipinski definition) is 3. The number of benzene rings is 1. The molecule has 1 aliphatic heterocycles. The van der Waals surface area contributed by atoms with Crippen molar-refractivity contribution in [3.63, 3.8) is 0 Å². The zero-order valence-corrected chi connectivity index (χ0v) is 11.5. The van der Waals surface area contributed by atoms with E-state index in [0.717, 1.165) is 42.5 Å². The molecule has 0 spiro atoms. The molecule has 1 aliphatic rings. The van der Waals surface area contributed by atoms with E-state index in [4.69, 9.17) is 0 Å². The molecule has 0 atom stereocenters. The SMILES string of the molecule is CN1CCC(=NNC(=O)c2c[nH]c3ccccc23)CC1. The van der Waals surface area contributed by atoms with Crippen molar-refractivity contribution in [2.45, 2.75) is 12.8 Å². The van der Waals surface area contributed by atoms with Crippen LogP contribution in [0.2, 0.25) is 0 Å². The zero-order chi connectivity index (χ0) is 13.9. The summed E-state index contributed by atoms with van der Waals surface area (Å²) in [6, 6.07) is 7.76. The van der Waals surface area contributed by atoms with Crippen LogP contribution in [0.3, 0.4) is 0 Å². The number of fused-ring (bicyclic) bond motifs is 1. The molecule has 104 valence electrons. The second kappa shape index (κ2) is 5.46. The van der Waals surface area contributed by atoms with Gasteiger partial charge in [-0.1, -0.05) is 18.2 Å². The number of carbonyl (C=O) groups excluding carboxylic acids is 1. The van der Waals surface area contributed by atoms with Gasteiger partial charge in [0, 0.05) is 48.7 Å². The molecular weight excluding hydrogens is 252 g/mol. The number of H-pyrrole nitrogens is 1. The van der Waals surface area contributed by atoms with Gasteiger partial charge in [-0.05, 0) is 13.1 Å². The quantitative estimate of drug-likeness (QED) is 0.820. The first-order valence-electron chi connectivity index (χ1n) is 6.84. The van der Waals surface area contributed by atoms with Crippen molar-refractivity contribution in [1.29, 1.82) is 0 Å². The average molecular weight is 270 g/mol. The highest BCUT2D eigenvalue weighted by molar-refractivity contribution is 6.07. The minimum Gasteiger partial charge on any atom is -0.360 e. The maximum Gasteiger partial charge on any atom is 0.273 e. The number of amides is 1. The summed E-state index contributed by atoms with van der Waals surface area (Å²) in [6.07, 6.45) is 3.57. The van der Waals surface area contributed by atoms with E-state index in [2.05, 4.69) is 27.5 Å². The number of hydrazone groups is 1. The number of para-hydroxylation sites is 1. The topological polar surface area (TPSA) is 60.5 Å². The lowest BCUT2D eigenvalue weighted by molar-refractivity contribution is 0.0956. The molecule has 2 heterocycles.